The summed E-state index contributed by atoms with van der Waals surface area (Å²) in [5, 5.41) is 0. The van der Waals surface area contributed by atoms with Crippen molar-refractivity contribution in [3.8, 4) is 22.6 Å². The molecular weight excluding hydrogens is 444 g/mol. The van der Waals surface area contributed by atoms with Gasteiger partial charge in [-0.05, 0) is 72.4 Å². The maximum atomic E-state index is 12.6. The molecule has 0 aliphatic heterocycles. The highest BCUT2D eigenvalue weighted by Crippen LogP contribution is 2.23. The summed E-state index contributed by atoms with van der Waals surface area (Å²) < 4.78 is 11.4. The Labute approximate surface area is 217 Å². The average molecular weight is 487 g/mol. The van der Waals surface area contributed by atoms with Crippen molar-refractivity contribution in [2.45, 2.75) is 84.5 Å². The standard InChI is InChI=1S/C33H42O3/c1-3-5-7-9-10-12-26-35-31-22-24-32(25-23-31)36-33(34)30-20-18-29(19-21-30)28-16-14-27(15-17-28)13-11-8-6-4-2/h14-25H,3-13,26H2,1-2H3. The number of rotatable bonds is 16. The van der Waals surface area contributed by atoms with E-state index < -0.39 is 0 Å². The molecule has 3 heteroatoms. The summed E-state index contributed by atoms with van der Waals surface area (Å²) in [5.41, 5.74) is 4.17. The van der Waals surface area contributed by atoms with Gasteiger partial charge in [0.2, 0.25) is 0 Å². The van der Waals surface area contributed by atoms with Gasteiger partial charge in [0, 0.05) is 0 Å². The second kappa shape index (κ2) is 15.8. The van der Waals surface area contributed by atoms with Crippen molar-refractivity contribution in [3.05, 3.63) is 83.9 Å². The van der Waals surface area contributed by atoms with Crippen molar-refractivity contribution < 1.29 is 14.3 Å². The van der Waals surface area contributed by atoms with Gasteiger partial charge in [0.05, 0.1) is 12.2 Å². The first-order chi connectivity index (χ1) is 17.7. The number of esters is 1. The molecule has 0 bridgehead atoms. The largest absolute Gasteiger partial charge is 0.494 e. The molecule has 0 aliphatic rings. The highest BCUT2D eigenvalue weighted by Gasteiger charge is 2.09. The van der Waals surface area contributed by atoms with Gasteiger partial charge in [-0.2, -0.15) is 0 Å². The first-order valence-corrected chi connectivity index (χ1v) is 13.8. The van der Waals surface area contributed by atoms with E-state index in [1.807, 2.05) is 36.4 Å². The summed E-state index contributed by atoms with van der Waals surface area (Å²) in [4.78, 5) is 12.6. The van der Waals surface area contributed by atoms with Crippen LogP contribution in [0.15, 0.2) is 72.8 Å². The van der Waals surface area contributed by atoms with Gasteiger partial charge >= 0.3 is 5.97 Å². The molecule has 0 saturated carbocycles. The van der Waals surface area contributed by atoms with E-state index in [1.165, 1.54) is 63.4 Å². The van der Waals surface area contributed by atoms with Gasteiger partial charge in [-0.1, -0.05) is 102 Å². The van der Waals surface area contributed by atoms with E-state index in [0.717, 1.165) is 36.3 Å². The Hall–Kier alpha value is -3.07. The van der Waals surface area contributed by atoms with Crippen LogP contribution in [-0.4, -0.2) is 12.6 Å². The van der Waals surface area contributed by atoms with E-state index >= 15 is 0 Å². The Morgan fingerprint density at radius 2 is 1.11 bits per heavy atom. The lowest BCUT2D eigenvalue weighted by Crippen LogP contribution is -2.08. The van der Waals surface area contributed by atoms with Crippen LogP contribution in [0.5, 0.6) is 11.5 Å². The number of carbonyl (C=O) groups is 1. The quantitative estimate of drug-likeness (QED) is 0.115. The maximum Gasteiger partial charge on any atom is 0.343 e. The van der Waals surface area contributed by atoms with Crippen LogP contribution in [0.2, 0.25) is 0 Å². The van der Waals surface area contributed by atoms with E-state index in [4.69, 9.17) is 9.47 Å². The lowest BCUT2D eigenvalue weighted by Gasteiger charge is -2.09. The van der Waals surface area contributed by atoms with Crippen LogP contribution in [-0.2, 0) is 6.42 Å². The second-order valence-corrected chi connectivity index (χ2v) is 9.56. The van der Waals surface area contributed by atoms with Crippen molar-refractivity contribution >= 4 is 5.97 Å². The molecule has 0 N–H and O–H groups in total. The fourth-order valence-electron chi connectivity index (χ4n) is 4.26. The first-order valence-electron chi connectivity index (χ1n) is 13.8. The number of ether oxygens (including phenoxy) is 2. The van der Waals surface area contributed by atoms with Crippen LogP contribution in [0.4, 0.5) is 0 Å². The number of carbonyl (C=O) groups excluding carboxylic acids is 1. The molecule has 0 unspecified atom stereocenters. The first kappa shape index (κ1) is 27.5. The lowest BCUT2D eigenvalue weighted by atomic mass is 10.0. The molecule has 3 nitrogen and oxygen atoms in total. The van der Waals surface area contributed by atoms with Crippen LogP contribution < -0.4 is 9.47 Å². The van der Waals surface area contributed by atoms with Crippen molar-refractivity contribution in [1.29, 1.82) is 0 Å². The van der Waals surface area contributed by atoms with Crippen molar-refractivity contribution in [2.75, 3.05) is 6.61 Å². The van der Waals surface area contributed by atoms with Gasteiger partial charge in [0.1, 0.15) is 11.5 Å². The topological polar surface area (TPSA) is 35.5 Å². The lowest BCUT2D eigenvalue weighted by molar-refractivity contribution is 0.0734. The molecule has 3 aromatic carbocycles. The molecule has 0 aromatic heterocycles. The molecule has 36 heavy (non-hydrogen) atoms. The number of benzene rings is 3. The summed E-state index contributed by atoms with van der Waals surface area (Å²) in [7, 11) is 0. The van der Waals surface area contributed by atoms with Gasteiger partial charge in [-0.25, -0.2) is 4.79 Å². The average Bonchev–Trinajstić information content (AvgIpc) is 2.92. The fraction of sp³-hybridized carbons (Fsp3) is 0.424. The van der Waals surface area contributed by atoms with Gasteiger partial charge in [0.15, 0.2) is 0 Å². The minimum atomic E-state index is -0.357. The monoisotopic (exact) mass is 486 g/mol. The SMILES string of the molecule is CCCCCCCCOc1ccc(OC(=O)c2ccc(-c3ccc(CCCCCC)cc3)cc2)cc1. The molecule has 0 spiro atoms. The van der Waals surface area contributed by atoms with Gasteiger partial charge in [0.25, 0.3) is 0 Å². The zero-order valence-electron chi connectivity index (χ0n) is 22.1. The summed E-state index contributed by atoms with van der Waals surface area (Å²) in [6.45, 7) is 5.19. The van der Waals surface area contributed by atoms with Crippen molar-refractivity contribution in [2.24, 2.45) is 0 Å². The highest BCUT2D eigenvalue weighted by molar-refractivity contribution is 5.91. The number of hydrogen-bond donors (Lipinski definition) is 0. The third-order valence-corrected chi connectivity index (χ3v) is 6.53. The van der Waals surface area contributed by atoms with E-state index in [9.17, 15) is 4.79 Å². The molecule has 192 valence electrons. The summed E-state index contributed by atoms with van der Waals surface area (Å²) in [5.74, 6) is 0.968. The van der Waals surface area contributed by atoms with E-state index in [1.54, 1.807) is 12.1 Å². The van der Waals surface area contributed by atoms with Crippen molar-refractivity contribution in [3.63, 3.8) is 0 Å². The molecule has 0 aliphatic carbocycles. The van der Waals surface area contributed by atoms with Gasteiger partial charge < -0.3 is 9.47 Å². The number of aryl methyl sites for hydroxylation is 1. The maximum absolute atomic E-state index is 12.6. The van der Waals surface area contributed by atoms with E-state index in [0.29, 0.717) is 11.3 Å². The van der Waals surface area contributed by atoms with Crippen LogP contribution in [0.25, 0.3) is 11.1 Å². The Balaban J connectivity index is 1.44. The molecule has 0 heterocycles. The third-order valence-electron chi connectivity index (χ3n) is 6.53. The summed E-state index contributed by atoms with van der Waals surface area (Å²) in [6.07, 6.45) is 13.7. The van der Waals surface area contributed by atoms with Crippen LogP contribution in [0, 0.1) is 0 Å². The molecule has 0 radical (unpaired) electrons. The minimum Gasteiger partial charge on any atom is -0.494 e. The normalized spacial score (nSPS) is 10.8. The predicted molar refractivity (Wildman–Crippen MR) is 150 cm³/mol. The smallest absolute Gasteiger partial charge is 0.343 e. The third kappa shape index (κ3) is 9.53. The Morgan fingerprint density at radius 3 is 1.75 bits per heavy atom. The van der Waals surface area contributed by atoms with E-state index in [-0.39, 0.29) is 5.97 Å². The fourth-order valence-corrected chi connectivity index (χ4v) is 4.26. The van der Waals surface area contributed by atoms with E-state index in [2.05, 4.69) is 38.1 Å². The molecule has 3 rings (SSSR count). The zero-order chi connectivity index (χ0) is 25.4. The zero-order valence-corrected chi connectivity index (χ0v) is 22.1. The van der Waals surface area contributed by atoms with Crippen LogP contribution >= 0.6 is 0 Å². The highest BCUT2D eigenvalue weighted by atomic mass is 16.5. The molecule has 0 fully saturated rings. The predicted octanol–water partition coefficient (Wildman–Crippen LogP) is 9.43. The van der Waals surface area contributed by atoms with Crippen LogP contribution in [0.1, 0.15) is 94.0 Å². The Kier molecular flexibility index (Phi) is 12.1. The molecular formula is C33H42O3. The summed E-state index contributed by atoms with van der Waals surface area (Å²) >= 11 is 0. The minimum absolute atomic E-state index is 0.357. The second-order valence-electron chi connectivity index (χ2n) is 9.56. The molecule has 0 atom stereocenters. The van der Waals surface area contributed by atoms with Crippen molar-refractivity contribution in [1.82, 2.24) is 0 Å². The van der Waals surface area contributed by atoms with Crippen LogP contribution in [0.3, 0.4) is 0 Å². The summed E-state index contributed by atoms with van der Waals surface area (Å²) in [6, 6.07) is 23.7. The molecule has 0 saturated heterocycles. The Morgan fingerprint density at radius 1 is 0.583 bits per heavy atom. The Bertz CT molecular complexity index is 1000. The number of unbranched alkanes of at least 4 members (excludes halogenated alkanes) is 8. The van der Waals surface area contributed by atoms with Gasteiger partial charge in [-0.3, -0.25) is 0 Å². The molecule has 3 aromatic rings. The number of hydrogen-bond acceptors (Lipinski definition) is 3. The molecule has 0 amide bonds. The van der Waals surface area contributed by atoms with Gasteiger partial charge in [-0.15, -0.1) is 0 Å².